The van der Waals surface area contributed by atoms with Crippen LogP contribution in [0.1, 0.15) is 23.4 Å². The van der Waals surface area contributed by atoms with Crippen molar-refractivity contribution in [1.29, 1.82) is 0 Å². The summed E-state index contributed by atoms with van der Waals surface area (Å²) < 4.78 is 37.3. The third kappa shape index (κ3) is 4.30. The lowest BCUT2D eigenvalue weighted by atomic mass is 10.2. The molecular weight excluding hydrogens is 444 g/mol. The minimum atomic E-state index is -3.47. The number of rotatable bonds is 6. The highest BCUT2D eigenvalue weighted by atomic mass is 32.2. The molecule has 1 fully saturated rings. The van der Waals surface area contributed by atoms with Gasteiger partial charge in [0.15, 0.2) is 5.76 Å². The van der Waals surface area contributed by atoms with Crippen LogP contribution in [0.2, 0.25) is 0 Å². The normalized spacial score (nSPS) is 14.4. The van der Waals surface area contributed by atoms with Crippen molar-refractivity contribution in [2.45, 2.75) is 17.7 Å². The lowest BCUT2D eigenvalue weighted by molar-refractivity contribution is 0.0996. The Bertz CT molecular complexity index is 1360. The van der Waals surface area contributed by atoms with Gasteiger partial charge < -0.3 is 14.3 Å². The van der Waals surface area contributed by atoms with E-state index in [-0.39, 0.29) is 16.6 Å². The number of aromatic nitrogens is 2. The predicted octanol–water partition coefficient (Wildman–Crippen LogP) is 4.03. The first-order valence-electron chi connectivity index (χ1n) is 10.4. The Morgan fingerprint density at radius 1 is 0.939 bits per heavy atom. The van der Waals surface area contributed by atoms with E-state index in [0.29, 0.717) is 41.6 Å². The van der Waals surface area contributed by atoms with E-state index in [1.807, 2.05) is 0 Å². The maximum Gasteiger partial charge on any atom is 0.291 e. The molecule has 1 aliphatic heterocycles. The maximum absolute atomic E-state index is 12.7. The molecule has 0 bridgehead atoms. The third-order valence-electron chi connectivity index (χ3n) is 5.38. The Balaban J connectivity index is 1.29. The fraction of sp³-hybridized carbons (Fsp3) is 0.174. The van der Waals surface area contributed by atoms with Gasteiger partial charge in [0, 0.05) is 29.9 Å². The molecule has 0 spiro atoms. The Labute approximate surface area is 190 Å². The van der Waals surface area contributed by atoms with E-state index in [0.717, 1.165) is 12.8 Å². The van der Waals surface area contributed by atoms with Crippen LogP contribution in [0.5, 0.6) is 0 Å². The Hall–Kier alpha value is -3.76. The third-order valence-corrected chi connectivity index (χ3v) is 7.29. The number of furan rings is 1. The highest BCUT2D eigenvalue weighted by Crippen LogP contribution is 2.26. The summed E-state index contributed by atoms with van der Waals surface area (Å²) in [4.78, 5) is 16.7. The van der Waals surface area contributed by atoms with Crippen molar-refractivity contribution >= 4 is 21.6 Å². The first kappa shape index (κ1) is 21.1. The highest BCUT2D eigenvalue weighted by Gasteiger charge is 2.27. The van der Waals surface area contributed by atoms with Crippen LogP contribution in [0.25, 0.3) is 22.8 Å². The van der Waals surface area contributed by atoms with Gasteiger partial charge in [0.25, 0.3) is 11.8 Å². The van der Waals surface area contributed by atoms with E-state index in [9.17, 15) is 13.2 Å². The molecule has 0 radical (unpaired) electrons. The average Bonchev–Trinajstić information content (AvgIpc) is 3.62. The number of carbonyl (C=O) groups excluding carboxylic acids is 1. The molecule has 1 amide bonds. The zero-order chi connectivity index (χ0) is 22.8. The number of anilines is 1. The minimum Gasteiger partial charge on any atom is -0.459 e. The van der Waals surface area contributed by atoms with Crippen molar-refractivity contribution in [3.05, 3.63) is 72.7 Å². The van der Waals surface area contributed by atoms with Crippen LogP contribution in [-0.2, 0) is 10.0 Å². The van der Waals surface area contributed by atoms with Gasteiger partial charge in [-0.1, -0.05) is 5.16 Å². The summed E-state index contributed by atoms with van der Waals surface area (Å²) in [6.45, 7) is 1.12. The van der Waals surface area contributed by atoms with Gasteiger partial charge in [-0.05, 0) is 73.5 Å². The number of nitrogens with one attached hydrogen (secondary N) is 1. The predicted molar refractivity (Wildman–Crippen MR) is 120 cm³/mol. The van der Waals surface area contributed by atoms with Crippen molar-refractivity contribution in [2.24, 2.45) is 0 Å². The van der Waals surface area contributed by atoms with Gasteiger partial charge in [-0.2, -0.15) is 9.29 Å². The van der Waals surface area contributed by atoms with Crippen LogP contribution in [-0.4, -0.2) is 41.9 Å². The van der Waals surface area contributed by atoms with Gasteiger partial charge in [0.2, 0.25) is 15.8 Å². The molecule has 2 aromatic carbocycles. The molecule has 1 aliphatic rings. The second-order valence-electron chi connectivity index (χ2n) is 7.57. The molecule has 168 valence electrons. The number of benzene rings is 2. The van der Waals surface area contributed by atoms with Gasteiger partial charge in [-0.3, -0.25) is 4.79 Å². The van der Waals surface area contributed by atoms with Crippen molar-refractivity contribution in [2.75, 3.05) is 18.4 Å². The number of hydrogen-bond donors (Lipinski definition) is 1. The summed E-state index contributed by atoms with van der Waals surface area (Å²) in [5, 5.41) is 6.75. The molecule has 9 nitrogen and oxygen atoms in total. The number of amides is 1. The highest BCUT2D eigenvalue weighted by molar-refractivity contribution is 7.89. The monoisotopic (exact) mass is 464 g/mol. The lowest BCUT2D eigenvalue weighted by Crippen LogP contribution is -2.27. The molecule has 33 heavy (non-hydrogen) atoms. The van der Waals surface area contributed by atoms with Gasteiger partial charge in [0.1, 0.15) is 0 Å². The zero-order valence-corrected chi connectivity index (χ0v) is 18.3. The topological polar surface area (TPSA) is 119 Å². The summed E-state index contributed by atoms with van der Waals surface area (Å²) in [7, 11) is -3.47. The number of hydrogen-bond acceptors (Lipinski definition) is 7. The molecule has 0 saturated carbocycles. The number of nitrogens with zero attached hydrogens (tertiary/aromatic N) is 3. The van der Waals surface area contributed by atoms with Gasteiger partial charge in [-0.15, -0.1) is 0 Å². The summed E-state index contributed by atoms with van der Waals surface area (Å²) in [6, 6.07) is 16.6. The molecule has 10 heteroatoms. The fourth-order valence-electron chi connectivity index (χ4n) is 3.61. The van der Waals surface area contributed by atoms with Crippen molar-refractivity contribution in [3.63, 3.8) is 0 Å². The van der Waals surface area contributed by atoms with Gasteiger partial charge in [0.05, 0.1) is 11.2 Å². The molecule has 5 rings (SSSR count). The maximum atomic E-state index is 12.7. The molecule has 0 atom stereocenters. The Morgan fingerprint density at radius 3 is 2.30 bits per heavy atom. The SMILES string of the molecule is O=C(Nc1ccc(-c2nc(-c3ccc(S(=O)(=O)N4CCCC4)cc3)no2)cc1)c1ccco1. The first-order chi connectivity index (χ1) is 16.0. The van der Waals surface area contributed by atoms with Gasteiger partial charge in [-0.25, -0.2) is 8.42 Å². The van der Waals surface area contributed by atoms with Crippen LogP contribution >= 0.6 is 0 Å². The molecule has 4 aromatic rings. The van der Waals surface area contributed by atoms with E-state index in [1.54, 1.807) is 60.7 Å². The van der Waals surface area contributed by atoms with E-state index in [4.69, 9.17) is 8.94 Å². The molecule has 0 unspecified atom stereocenters. The van der Waals surface area contributed by atoms with Crippen molar-refractivity contribution < 1.29 is 22.2 Å². The van der Waals surface area contributed by atoms with E-state index >= 15 is 0 Å². The van der Waals surface area contributed by atoms with Crippen LogP contribution in [0.4, 0.5) is 5.69 Å². The fourth-order valence-corrected chi connectivity index (χ4v) is 5.13. The summed E-state index contributed by atoms with van der Waals surface area (Å²) in [5.41, 5.74) is 1.92. The van der Waals surface area contributed by atoms with E-state index < -0.39 is 10.0 Å². The number of carbonyl (C=O) groups is 1. The number of sulfonamides is 1. The zero-order valence-electron chi connectivity index (χ0n) is 17.5. The summed E-state index contributed by atoms with van der Waals surface area (Å²) >= 11 is 0. The Morgan fingerprint density at radius 2 is 1.64 bits per heavy atom. The second kappa shape index (κ2) is 8.64. The molecule has 1 saturated heterocycles. The average molecular weight is 465 g/mol. The van der Waals surface area contributed by atoms with Gasteiger partial charge >= 0.3 is 0 Å². The molecule has 0 aliphatic carbocycles. The van der Waals surface area contributed by atoms with Crippen molar-refractivity contribution in [3.8, 4) is 22.8 Å². The van der Waals surface area contributed by atoms with Crippen molar-refractivity contribution in [1.82, 2.24) is 14.4 Å². The first-order valence-corrected chi connectivity index (χ1v) is 11.8. The Kier molecular flexibility index (Phi) is 5.53. The molecule has 3 heterocycles. The lowest BCUT2D eigenvalue weighted by Gasteiger charge is -2.15. The van der Waals surface area contributed by atoms with Crippen LogP contribution in [0.15, 0.2) is 80.8 Å². The van der Waals surface area contributed by atoms with Crippen LogP contribution in [0, 0.1) is 0 Å². The summed E-state index contributed by atoms with van der Waals surface area (Å²) in [6.07, 6.45) is 3.21. The quantitative estimate of drug-likeness (QED) is 0.457. The molecule has 1 N–H and O–H groups in total. The standard InChI is InChI=1S/C23H20N4O5S/c28-22(20-4-3-15-31-20)24-18-9-5-17(6-10-18)23-25-21(26-32-23)16-7-11-19(12-8-16)33(29,30)27-13-1-2-14-27/h3-12,15H,1-2,13-14H2,(H,24,28). The minimum absolute atomic E-state index is 0.222. The largest absolute Gasteiger partial charge is 0.459 e. The smallest absolute Gasteiger partial charge is 0.291 e. The second-order valence-corrected chi connectivity index (χ2v) is 9.51. The van der Waals surface area contributed by atoms with Crippen LogP contribution in [0.3, 0.4) is 0 Å². The summed E-state index contributed by atoms with van der Waals surface area (Å²) in [5.74, 6) is 0.538. The van der Waals surface area contributed by atoms with Crippen LogP contribution < -0.4 is 5.32 Å². The van der Waals surface area contributed by atoms with E-state index in [1.165, 1.54) is 10.6 Å². The molecule has 2 aromatic heterocycles. The molecular formula is C23H20N4O5S. The van der Waals surface area contributed by atoms with E-state index in [2.05, 4.69) is 15.5 Å².